The Kier molecular flexibility index (Phi) is 18.1. The molecule has 0 amide bonds. The summed E-state index contributed by atoms with van der Waals surface area (Å²) in [7, 11) is 0. The zero-order valence-electron chi connectivity index (χ0n) is 16.5. The van der Waals surface area contributed by atoms with Crippen LogP contribution in [0.25, 0.3) is 0 Å². The molecule has 0 aliphatic heterocycles. The molecule has 1 unspecified atom stereocenters. The first-order valence-electron chi connectivity index (χ1n) is 9.81. The summed E-state index contributed by atoms with van der Waals surface area (Å²) in [6, 6.07) is 0. The minimum atomic E-state index is -0.870. The summed E-state index contributed by atoms with van der Waals surface area (Å²) >= 11 is 0. The predicted octanol–water partition coefficient (Wildman–Crippen LogP) is 6.40. The van der Waals surface area contributed by atoms with E-state index in [9.17, 15) is 4.79 Å². The van der Waals surface area contributed by atoms with Crippen molar-refractivity contribution in [2.75, 3.05) is 6.61 Å². The zero-order valence-corrected chi connectivity index (χ0v) is 16.5. The number of hydrogen-bond donors (Lipinski definition) is 1. The van der Waals surface area contributed by atoms with E-state index in [0.29, 0.717) is 13.0 Å². The van der Waals surface area contributed by atoms with Gasteiger partial charge in [-0.05, 0) is 51.4 Å². The Balaban J connectivity index is 3.70. The van der Waals surface area contributed by atoms with Crippen molar-refractivity contribution in [3.05, 3.63) is 60.8 Å². The summed E-state index contributed by atoms with van der Waals surface area (Å²) in [6.07, 6.45) is 27.9. The van der Waals surface area contributed by atoms with Crippen LogP contribution in [0.15, 0.2) is 60.8 Å². The predicted molar refractivity (Wildman–Crippen MR) is 111 cm³/mol. The van der Waals surface area contributed by atoms with Crippen molar-refractivity contribution in [2.45, 2.75) is 71.3 Å². The third kappa shape index (κ3) is 17.0. The van der Waals surface area contributed by atoms with Crippen LogP contribution in [0.5, 0.6) is 0 Å². The summed E-state index contributed by atoms with van der Waals surface area (Å²) in [6.45, 7) is 4.62. The largest absolute Gasteiger partial charge is 0.479 e. The van der Waals surface area contributed by atoms with Gasteiger partial charge in [-0.1, -0.05) is 74.6 Å². The van der Waals surface area contributed by atoms with E-state index in [0.717, 1.165) is 44.9 Å². The quantitative estimate of drug-likeness (QED) is 0.324. The third-order valence-electron chi connectivity index (χ3n) is 3.55. The van der Waals surface area contributed by atoms with E-state index in [4.69, 9.17) is 9.84 Å². The SMILES string of the molecule is CC/C=C\C/C=C\C/C=C\C/C=C\C/C=C\CCC(OCCC)C(=O)O. The average Bonchev–Trinajstić information content (AvgIpc) is 2.63. The molecule has 0 fully saturated rings. The maximum atomic E-state index is 11.0. The number of carboxylic acids is 1. The van der Waals surface area contributed by atoms with E-state index >= 15 is 0 Å². The van der Waals surface area contributed by atoms with Crippen LogP contribution in [-0.4, -0.2) is 23.8 Å². The standard InChI is InChI=1S/C23H36O3/c1-3-5-6-7-8-9-10-11-12-13-14-15-16-17-18-19-20-22(23(24)25)26-21-4-2/h5-6,8-9,11-12,14-15,17-18,22H,3-4,7,10,13,16,19-21H2,1-2H3,(H,24,25)/b6-5-,9-8-,12-11-,15-14-,18-17-. The fourth-order valence-corrected chi connectivity index (χ4v) is 2.15. The van der Waals surface area contributed by atoms with Crippen LogP contribution in [0, 0.1) is 0 Å². The second-order valence-electron chi connectivity index (χ2n) is 5.98. The highest BCUT2D eigenvalue weighted by Crippen LogP contribution is 2.05. The lowest BCUT2D eigenvalue weighted by Crippen LogP contribution is -2.23. The van der Waals surface area contributed by atoms with Crippen molar-refractivity contribution in [1.29, 1.82) is 0 Å². The lowest BCUT2D eigenvalue weighted by molar-refractivity contribution is -0.150. The van der Waals surface area contributed by atoms with Crippen molar-refractivity contribution in [2.24, 2.45) is 0 Å². The second-order valence-corrected chi connectivity index (χ2v) is 5.98. The molecule has 0 aliphatic carbocycles. The maximum Gasteiger partial charge on any atom is 0.332 e. The molecule has 0 aliphatic rings. The molecule has 26 heavy (non-hydrogen) atoms. The van der Waals surface area contributed by atoms with Gasteiger partial charge in [-0.15, -0.1) is 0 Å². The van der Waals surface area contributed by atoms with Gasteiger partial charge in [0, 0.05) is 6.61 Å². The normalized spacial score (nSPS) is 13.9. The summed E-state index contributed by atoms with van der Waals surface area (Å²) < 4.78 is 5.31. The highest BCUT2D eigenvalue weighted by atomic mass is 16.5. The first-order valence-corrected chi connectivity index (χ1v) is 9.81. The minimum Gasteiger partial charge on any atom is -0.479 e. The Morgan fingerprint density at radius 2 is 1.27 bits per heavy atom. The molecule has 0 aromatic heterocycles. The Hall–Kier alpha value is -1.87. The van der Waals surface area contributed by atoms with Crippen molar-refractivity contribution < 1.29 is 14.6 Å². The summed E-state index contributed by atoms with van der Waals surface area (Å²) in [5, 5.41) is 9.05. The molecule has 3 heteroatoms. The molecular weight excluding hydrogens is 324 g/mol. The van der Waals surface area contributed by atoms with Gasteiger partial charge in [-0.3, -0.25) is 0 Å². The molecule has 146 valence electrons. The molecule has 0 saturated carbocycles. The first kappa shape index (κ1) is 24.1. The van der Waals surface area contributed by atoms with Crippen molar-refractivity contribution in [3.63, 3.8) is 0 Å². The Morgan fingerprint density at radius 3 is 1.69 bits per heavy atom. The Labute approximate surface area is 159 Å². The number of aliphatic carboxylic acids is 1. The lowest BCUT2D eigenvalue weighted by atomic mass is 10.2. The molecule has 0 rings (SSSR count). The Morgan fingerprint density at radius 1 is 0.808 bits per heavy atom. The molecule has 0 spiro atoms. The smallest absolute Gasteiger partial charge is 0.332 e. The topological polar surface area (TPSA) is 46.5 Å². The van der Waals surface area contributed by atoms with Gasteiger partial charge in [-0.25, -0.2) is 4.79 Å². The molecule has 0 radical (unpaired) electrons. The van der Waals surface area contributed by atoms with Crippen molar-refractivity contribution in [3.8, 4) is 0 Å². The van der Waals surface area contributed by atoms with Gasteiger partial charge in [0.2, 0.25) is 0 Å². The van der Waals surface area contributed by atoms with Crippen LogP contribution in [0.1, 0.15) is 65.2 Å². The van der Waals surface area contributed by atoms with Crippen molar-refractivity contribution >= 4 is 5.97 Å². The fraction of sp³-hybridized carbons (Fsp3) is 0.522. The summed E-state index contributed by atoms with van der Waals surface area (Å²) in [5.41, 5.74) is 0. The van der Waals surface area contributed by atoms with Crippen molar-refractivity contribution in [1.82, 2.24) is 0 Å². The van der Waals surface area contributed by atoms with Gasteiger partial charge in [0.05, 0.1) is 0 Å². The van der Waals surface area contributed by atoms with Crippen LogP contribution >= 0.6 is 0 Å². The van der Waals surface area contributed by atoms with E-state index in [2.05, 4.69) is 61.6 Å². The highest BCUT2D eigenvalue weighted by molar-refractivity contribution is 5.72. The number of carboxylic acid groups (broad SMARTS) is 1. The molecule has 0 aromatic carbocycles. The number of allylic oxidation sites excluding steroid dienone is 10. The van der Waals surface area contributed by atoms with Gasteiger partial charge in [0.15, 0.2) is 6.10 Å². The minimum absolute atomic E-state index is 0.503. The Bertz CT molecular complexity index is 470. The average molecular weight is 361 g/mol. The molecule has 1 atom stereocenters. The fourth-order valence-electron chi connectivity index (χ4n) is 2.15. The molecular formula is C23H36O3. The van der Waals surface area contributed by atoms with Gasteiger partial charge in [0.25, 0.3) is 0 Å². The van der Waals surface area contributed by atoms with E-state index in [1.165, 1.54) is 0 Å². The summed E-state index contributed by atoms with van der Waals surface area (Å²) in [4.78, 5) is 11.0. The number of carbonyl (C=O) groups is 1. The van der Waals surface area contributed by atoms with Gasteiger partial charge < -0.3 is 9.84 Å². The van der Waals surface area contributed by atoms with Crippen LogP contribution in [0.3, 0.4) is 0 Å². The number of rotatable bonds is 16. The van der Waals surface area contributed by atoms with Gasteiger partial charge in [-0.2, -0.15) is 0 Å². The molecule has 1 N–H and O–H groups in total. The first-order chi connectivity index (χ1) is 12.7. The van der Waals surface area contributed by atoms with Gasteiger partial charge >= 0.3 is 5.97 Å². The van der Waals surface area contributed by atoms with E-state index in [-0.39, 0.29) is 0 Å². The number of hydrogen-bond acceptors (Lipinski definition) is 2. The van der Waals surface area contributed by atoms with Crippen LogP contribution in [0.2, 0.25) is 0 Å². The van der Waals surface area contributed by atoms with E-state index in [1.54, 1.807) is 0 Å². The molecule has 0 heterocycles. The molecule has 3 nitrogen and oxygen atoms in total. The molecule has 0 saturated heterocycles. The second kappa shape index (κ2) is 19.5. The lowest BCUT2D eigenvalue weighted by Gasteiger charge is -2.11. The molecule has 0 bridgehead atoms. The number of ether oxygens (including phenoxy) is 1. The zero-order chi connectivity index (χ0) is 19.3. The maximum absolute atomic E-state index is 11.0. The van der Waals surface area contributed by atoms with E-state index < -0.39 is 12.1 Å². The third-order valence-corrected chi connectivity index (χ3v) is 3.55. The molecule has 0 aromatic rings. The van der Waals surface area contributed by atoms with E-state index in [1.807, 2.05) is 13.0 Å². The van der Waals surface area contributed by atoms with Crippen LogP contribution < -0.4 is 0 Å². The van der Waals surface area contributed by atoms with Crippen LogP contribution in [0.4, 0.5) is 0 Å². The van der Waals surface area contributed by atoms with Crippen LogP contribution in [-0.2, 0) is 9.53 Å². The monoisotopic (exact) mass is 360 g/mol. The summed E-state index contributed by atoms with van der Waals surface area (Å²) in [5.74, 6) is -0.870. The highest BCUT2D eigenvalue weighted by Gasteiger charge is 2.15. The van der Waals surface area contributed by atoms with Gasteiger partial charge in [0.1, 0.15) is 0 Å².